The minimum atomic E-state index is -0.0756. The van der Waals surface area contributed by atoms with Gasteiger partial charge in [-0.3, -0.25) is 0 Å². The maximum absolute atomic E-state index is 6.53. The second-order valence-electron chi connectivity index (χ2n) is 5.37. The maximum Gasteiger partial charge on any atom is 0.0939 e. The van der Waals surface area contributed by atoms with Crippen molar-refractivity contribution in [3.05, 3.63) is 56.2 Å². The highest BCUT2D eigenvalue weighted by Gasteiger charge is 2.17. The van der Waals surface area contributed by atoms with Crippen LogP contribution in [0, 0.1) is 0 Å². The summed E-state index contributed by atoms with van der Waals surface area (Å²) >= 11 is 11.7. The smallest absolute Gasteiger partial charge is 0.0939 e. The van der Waals surface area contributed by atoms with Crippen LogP contribution in [0.3, 0.4) is 0 Å². The summed E-state index contributed by atoms with van der Waals surface area (Å²) < 4.78 is 1.09. The molecular formula is C15H16BrClS. The van der Waals surface area contributed by atoms with Crippen LogP contribution in [0.4, 0.5) is 0 Å². The van der Waals surface area contributed by atoms with E-state index in [9.17, 15) is 0 Å². The fourth-order valence-corrected chi connectivity index (χ4v) is 3.94. The van der Waals surface area contributed by atoms with Gasteiger partial charge in [0.05, 0.1) is 5.38 Å². The van der Waals surface area contributed by atoms with Gasteiger partial charge in [-0.25, -0.2) is 0 Å². The number of alkyl halides is 1. The summed E-state index contributed by atoms with van der Waals surface area (Å²) in [6.45, 7) is 6.65. The Bertz CT molecular complexity index is 522. The van der Waals surface area contributed by atoms with Gasteiger partial charge in [0.15, 0.2) is 0 Å². The van der Waals surface area contributed by atoms with E-state index in [1.807, 2.05) is 6.07 Å². The first-order chi connectivity index (χ1) is 8.39. The van der Waals surface area contributed by atoms with E-state index in [2.05, 4.69) is 66.3 Å². The van der Waals surface area contributed by atoms with Crippen LogP contribution in [0.1, 0.15) is 42.2 Å². The molecule has 0 radical (unpaired) electrons. The van der Waals surface area contributed by atoms with Crippen LogP contribution in [0.15, 0.2) is 40.2 Å². The summed E-state index contributed by atoms with van der Waals surface area (Å²) in [6, 6.07) is 10.6. The van der Waals surface area contributed by atoms with E-state index in [-0.39, 0.29) is 10.8 Å². The molecule has 2 aromatic rings. The van der Waals surface area contributed by atoms with Crippen LogP contribution in [0.25, 0.3) is 0 Å². The molecule has 3 heteroatoms. The van der Waals surface area contributed by atoms with Crippen LogP contribution in [0.5, 0.6) is 0 Å². The van der Waals surface area contributed by atoms with E-state index < -0.39 is 0 Å². The molecule has 0 fully saturated rings. The first kappa shape index (κ1) is 14.1. The highest BCUT2D eigenvalue weighted by atomic mass is 79.9. The zero-order valence-corrected chi connectivity index (χ0v) is 13.9. The topological polar surface area (TPSA) is 0 Å². The van der Waals surface area contributed by atoms with Crippen molar-refractivity contribution >= 4 is 38.9 Å². The Morgan fingerprint density at radius 3 is 2.17 bits per heavy atom. The molecular weight excluding hydrogens is 328 g/mol. The van der Waals surface area contributed by atoms with E-state index in [1.165, 1.54) is 10.4 Å². The molecule has 0 spiro atoms. The highest BCUT2D eigenvalue weighted by molar-refractivity contribution is 9.10. The highest BCUT2D eigenvalue weighted by Crippen LogP contribution is 2.38. The van der Waals surface area contributed by atoms with Crippen molar-refractivity contribution in [1.82, 2.24) is 0 Å². The Morgan fingerprint density at radius 2 is 1.72 bits per heavy atom. The molecule has 0 saturated carbocycles. The van der Waals surface area contributed by atoms with E-state index in [4.69, 9.17) is 11.6 Å². The predicted molar refractivity (Wildman–Crippen MR) is 84.9 cm³/mol. The van der Waals surface area contributed by atoms with Crippen LogP contribution in [-0.2, 0) is 5.41 Å². The first-order valence-corrected chi connectivity index (χ1v) is 7.98. The molecule has 0 bridgehead atoms. The first-order valence-electron chi connectivity index (χ1n) is 5.87. The fraction of sp³-hybridized carbons (Fsp3) is 0.333. The second-order valence-corrected chi connectivity index (χ2v) is 7.61. The monoisotopic (exact) mass is 342 g/mol. The van der Waals surface area contributed by atoms with Crippen molar-refractivity contribution in [1.29, 1.82) is 0 Å². The lowest BCUT2D eigenvalue weighted by Gasteiger charge is -2.19. The lowest BCUT2D eigenvalue weighted by Crippen LogP contribution is -2.10. The van der Waals surface area contributed by atoms with E-state index in [0.29, 0.717) is 0 Å². The van der Waals surface area contributed by atoms with Gasteiger partial charge in [-0.2, -0.15) is 0 Å². The van der Waals surface area contributed by atoms with Gasteiger partial charge in [-0.05, 0) is 43.9 Å². The van der Waals surface area contributed by atoms with Gasteiger partial charge in [0, 0.05) is 9.35 Å². The molecule has 0 amide bonds. The van der Waals surface area contributed by atoms with E-state index >= 15 is 0 Å². The van der Waals surface area contributed by atoms with Gasteiger partial charge in [-0.1, -0.05) is 45.0 Å². The summed E-state index contributed by atoms with van der Waals surface area (Å²) in [7, 11) is 0. The van der Waals surface area contributed by atoms with Crippen molar-refractivity contribution < 1.29 is 0 Å². The average Bonchev–Trinajstić information content (AvgIpc) is 2.73. The largest absolute Gasteiger partial charge is 0.146 e. The molecule has 18 heavy (non-hydrogen) atoms. The molecule has 0 saturated heterocycles. The summed E-state index contributed by atoms with van der Waals surface area (Å²) in [6.07, 6.45) is 0. The SMILES string of the molecule is CC(C)(C)c1ccc(C(Cl)c2sccc2Br)cc1. The minimum Gasteiger partial charge on any atom is -0.146 e. The van der Waals surface area contributed by atoms with Crippen LogP contribution >= 0.6 is 38.9 Å². The van der Waals surface area contributed by atoms with Gasteiger partial charge in [0.1, 0.15) is 0 Å². The molecule has 0 aliphatic carbocycles. The molecule has 1 unspecified atom stereocenters. The summed E-state index contributed by atoms with van der Waals surface area (Å²) in [4.78, 5) is 1.17. The minimum absolute atomic E-state index is 0.0756. The normalized spacial score (nSPS) is 13.6. The van der Waals surface area contributed by atoms with Gasteiger partial charge in [-0.15, -0.1) is 22.9 Å². The molecule has 0 nitrogen and oxygen atoms in total. The zero-order valence-electron chi connectivity index (χ0n) is 10.7. The van der Waals surface area contributed by atoms with Gasteiger partial charge < -0.3 is 0 Å². The van der Waals surface area contributed by atoms with Crippen molar-refractivity contribution in [2.75, 3.05) is 0 Å². The quantitative estimate of drug-likeness (QED) is 0.575. The average molecular weight is 344 g/mol. The fourth-order valence-electron chi connectivity index (χ4n) is 1.79. The molecule has 96 valence electrons. The maximum atomic E-state index is 6.53. The summed E-state index contributed by atoms with van der Waals surface area (Å²) in [5.74, 6) is 0. The third-order valence-electron chi connectivity index (χ3n) is 2.94. The number of halogens is 2. The van der Waals surface area contributed by atoms with Crippen molar-refractivity contribution in [2.24, 2.45) is 0 Å². The summed E-state index contributed by atoms with van der Waals surface area (Å²) in [5, 5.41) is 1.98. The number of thiophene rings is 1. The lowest BCUT2D eigenvalue weighted by molar-refractivity contribution is 0.590. The third-order valence-corrected chi connectivity index (χ3v) is 5.48. The molecule has 2 rings (SSSR count). The van der Waals surface area contributed by atoms with Crippen LogP contribution < -0.4 is 0 Å². The number of hydrogen-bond donors (Lipinski definition) is 0. The van der Waals surface area contributed by atoms with Gasteiger partial charge in [0.25, 0.3) is 0 Å². The molecule has 1 aromatic heterocycles. The summed E-state index contributed by atoms with van der Waals surface area (Å²) in [5.41, 5.74) is 2.66. The molecule has 0 aliphatic heterocycles. The number of hydrogen-bond acceptors (Lipinski definition) is 1. The molecule has 1 aromatic carbocycles. The molecule has 1 heterocycles. The van der Waals surface area contributed by atoms with Gasteiger partial charge in [0.2, 0.25) is 0 Å². The van der Waals surface area contributed by atoms with Crippen molar-refractivity contribution in [3.63, 3.8) is 0 Å². The Labute approximate surface area is 126 Å². The number of benzene rings is 1. The number of rotatable bonds is 2. The standard InChI is InChI=1S/C15H16BrClS/c1-15(2,3)11-6-4-10(5-7-11)13(17)14-12(16)8-9-18-14/h4-9,13H,1-3H3. The molecule has 0 N–H and O–H groups in total. The lowest BCUT2D eigenvalue weighted by atomic mass is 9.86. The van der Waals surface area contributed by atoms with Crippen LogP contribution in [-0.4, -0.2) is 0 Å². The molecule has 0 aliphatic rings. The van der Waals surface area contributed by atoms with Crippen LogP contribution in [0.2, 0.25) is 0 Å². The Morgan fingerprint density at radius 1 is 1.11 bits per heavy atom. The van der Waals surface area contributed by atoms with Crippen molar-refractivity contribution in [2.45, 2.75) is 31.6 Å². The Balaban J connectivity index is 2.28. The zero-order chi connectivity index (χ0) is 13.3. The molecule has 1 atom stereocenters. The second kappa shape index (κ2) is 5.36. The third kappa shape index (κ3) is 2.98. The van der Waals surface area contributed by atoms with Gasteiger partial charge >= 0.3 is 0 Å². The Kier molecular flexibility index (Phi) is 4.20. The Hall–Kier alpha value is -0.310. The van der Waals surface area contributed by atoms with E-state index in [0.717, 1.165) is 10.0 Å². The predicted octanol–water partition coefficient (Wildman–Crippen LogP) is 6.14. The van der Waals surface area contributed by atoms with Crippen molar-refractivity contribution in [3.8, 4) is 0 Å². The van der Waals surface area contributed by atoms with E-state index in [1.54, 1.807) is 11.3 Å².